The van der Waals surface area contributed by atoms with E-state index >= 15 is 0 Å². The summed E-state index contributed by atoms with van der Waals surface area (Å²) in [5.74, 6) is 0.168. The van der Waals surface area contributed by atoms with Crippen LogP contribution >= 0.6 is 0 Å². The minimum atomic E-state index is -0.316. The molecule has 0 unspecified atom stereocenters. The maximum Gasteiger partial charge on any atom is 0.233 e. The quantitative estimate of drug-likeness (QED) is 0.752. The number of rotatable bonds is 5. The zero-order chi connectivity index (χ0) is 20.1. The summed E-state index contributed by atoms with van der Waals surface area (Å²) >= 11 is 0. The first kappa shape index (κ1) is 19.9. The van der Waals surface area contributed by atoms with E-state index in [1.165, 1.54) is 18.5 Å². The number of carbonyl (C=O) groups is 2. The lowest BCUT2D eigenvalue weighted by molar-refractivity contribution is -0.123. The maximum absolute atomic E-state index is 12.2. The molecule has 1 heterocycles. The van der Waals surface area contributed by atoms with Gasteiger partial charge in [0.2, 0.25) is 11.8 Å². The lowest BCUT2D eigenvalue weighted by Crippen LogP contribution is -2.32. The molecule has 0 bridgehead atoms. The van der Waals surface area contributed by atoms with Gasteiger partial charge in [-0.1, -0.05) is 25.1 Å². The number of nitrogens with zero attached hydrogens (tertiary/aromatic N) is 1. The molecule has 0 aromatic heterocycles. The lowest BCUT2D eigenvalue weighted by atomic mass is 9.99. The van der Waals surface area contributed by atoms with E-state index in [2.05, 4.69) is 22.5 Å². The first-order valence-electron chi connectivity index (χ1n) is 9.93. The molecule has 1 fully saturated rings. The first-order valence-corrected chi connectivity index (χ1v) is 9.93. The van der Waals surface area contributed by atoms with Crippen LogP contribution in [-0.2, 0) is 9.59 Å². The van der Waals surface area contributed by atoms with E-state index < -0.39 is 0 Å². The van der Waals surface area contributed by atoms with Crippen molar-refractivity contribution in [2.45, 2.75) is 40.0 Å². The van der Waals surface area contributed by atoms with E-state index in [1.807, 2.05) is 56.3 Å². The van der Waals surface area contributed by atoms with E-state index in [0.717, 1.165) is 35.8 Å². The van der Waals surface area contributed by atoms with Crippen molar-refractivity contribution in [3.63, 3.8) is 0 Å². The van der Waals surface area contributed by atoms with Crippen LogP contribution in [0.25, 0.3) is 0 Å². The molecule has 1 aliphatic rings. The number of benzene rings is 2. The molecule has 2 N–H and O–H groups in total. The van der Waals surface area contributed by atoms with Gasteiger partial charge in [0.15, 0.2) is 0 Å². The highest BCUT2D eigenvalue weighted by molar-refractivity contribution is 6.08. The third-order valence-corrected chi connectivity index (χ3v) is 5.37. The summed E-state index contributed by atoms with van der Waals surface area (Å²) in [5, 5.41) is 5.65. The molecule has 5 heteroatoms. The van der Waals surface area contributed by atoms with E-state index in [0.29, 0.717) is 5.69 Å². The van der Waals surface area contributed by atoms with Crippen LogP contribution in [0.2, 0.25) is 0 Å². The van der Waals surface area contributed by atoms with Crippen LogP contribution in [0.1, 0.15) is 37.3 Å². The Hall–Kier alpha value is -2.82. The number of carbonyl (C=O) groups excluding carboxylic acids is 2. The van der Waals surface area contributed by atoms with Crippen molar-refractivity contribution < 1.29 is 9.59 Å². The molecule has 148 valence electrons. The largest absolute Gasteiger partial charge is 0.372 e. The van der Waals surface area contributed by atoms with Crippen molar-refractivity contribution in [2.75, 3.05) is 28.6 Å². The Morgan fingerprint density at radius 2 is 1.50 bits per heavy atom. The third-order valence-electron chi connectivity index (χ3n) is 5.37. The van der Waals surface area contributed by atoms with Crippen LogP contribution < -0.4 is 15.5 Å². The number of piperidine rings is 1. The van der Waals surface area contributed by atoms with Crippen molar-refractivity contribution in [1.82, 2.24) is 0 Å². The highest BCUT2D eigenvalue weighted by Gasteiger charge is 2.16. The van der Waals surface area contributed by atoms with Gasteiger partial charge in [-0.05, 0) is 68.0 Å². The third kappa shape index (κ3) is 5.12. The van der Waals surface area contributed by atoms with Crippen LogP contribution in [0.15, 0.2) is 42.5 Å². The van der Waals surface area contributed by atoms with Crippen LogP contribution in [0.4, 0.5) is 17.1 Å². The van der Waals surface area contributed by atoms with Gasteiger partial charge in [-0.15, -0.1) is 0 Å². The standard InChI is InChI=1S/C23H29N3O2/c1-16-11-13-26(14-12-16)20-9-7-19(8-10-20)24-21(27)15-22(28)25-23-17(2)5-4-6-18(23)3/h4-10,16H,11-15H2,1-3H3,(H,24,27)(H,25,28). The van der Waals surface area contributed by atoms with Crippen LogP contribution in [0, 0.1) is 19.8 Å². The predicted octanol–water partition coefficient (Wildman–Crippen LogP) is 4.51. The number of para-hydroxylation sites is 1. The molecule has 0 radical (unpaired) electrons. The average Bonchev–Trinajstić information content (AvgIpc) is 2.66. The van der Waals surface area contributed by atoms with Gasteiger partial charge >= 0.3 is 0 Å². The summed E-state index contributed by atoms with van der Waals surface area (Å²) in [6, 6.07) is 13.7. The van der Waals surface area contributed by atoms with Gasteiger partial charge in [0.25, 0.3) is 0 Å². The van der Waals surface area contributed by atoms with Crippen molar-refractivity contribution in [3.05, 3.63) is 53.6 Å². The van der Waals surface area contributed by atoms with Gasteiger partial charge < -0.3 is 15.5 Å². The molecule has 5 nitrogen and oxygen atoms in total. The molecule has 0 spiro atoms. The van der Waals surface area contributed by atoms with Crippen LogP contribution in [0.3, 0.4) is 0 Å². The second kappa shape index (κ2) is 8.91. The topological polar surface area (TPSA) is 61.4 Å². The summed E-state index contributed by atoms with van der Waals surface area (Å²) in [5.41, 5.74) is 4.63. The zero-order valence-electron chi connectivity index (χ0n) is 16.9. The van der Waals surface area contributed by atoms with Gasteiger partial charge in [0.1, 0.15) is 6.42 Å². The molecular weight excluding hydrogens is 350 g/mol. The molecule has 2 aromatic rings. The minimum Gasteiger partial charge on any atom is -0.372 e. The molecule has 0 atom stereocenters. The lowest BCUT2D eigenvalue weighted by Gasteiger charge is -2.32. The Bertz CT molecular complexity index is 817. The summed E-state index contributed by atoms with van der Waals surface area (Å²) in [6.45, 7) is 8.32. The SMILES string of the molecule is Cc1cccc(C)c1NC(=O)CC(=O)Nc1ccc(N2CCC(C)CC2)cc1. The fraction of sp³-hybridized carbons (Fsp3) is 0.391. The molecule has 1 saturated heterocycles. The molecule has 0 aliphatic carbocycles. The molecule has 0 saturated carbocycles. The number of hydrogen-bond donors (Lipinski definition) is 2. The van der Waals surface area contributed by atoms with Gasteiger partial charge in [-0.2, -0.15) is 0 Å². The Morgan fingerprint density at radius 3 is 2.11 bits per heavy atom. The molecule has 2 amide bonds. The summed E-state index contributed by atoms with van der Waals surface area (Å²) in [4.78, 5) is 26.8. The van der Waals surface area contributed by atoms with Gasteiger partial charge in [-0.3, -0.25) is 9.59 Å². The molecular formula is C23H29N3O2. The number of aryl methyl sites for hydroxylation is 2. The minimum absolute atomic E-state index is 0.209. The fourth-order valence-corrected chi connectivity index (χ4v) is 3.57. The Kier molecular flexibility index (Phi) is 6.34. The summed E-state index contributed by atoms with van der Waals surface area (Å²) < 4.78 is 0. The smallest absolute Gasteiger partial charge is 0.233 e. The normalized spacial score (nSPS) is 14.6. The molecule has 1 aliphatic heterocycles. The number of hydrogen-bond acceptors (Lipinski definition) is 3. The Balaban J connectivity index is 1.52. The number of amides is 2. The van der Waals surface area contributed by atoms with Crippen molar-refractivity contribution in [3.8, 4) is 0 Å². The molecule has 3 rings (SSSR count). The van der Waals surface area contributed by atoms with Gasteiger partial charge in [0, 0.05) is 30.2 Å². The number of anilines is 3. The maximum atomic E-state index is 12.2. The van der Waals surface area contributed by atoms with E-state index in [9.17, 15) is 9.59 Å². The Labute approximate surface area is 167 Å². The van der Waals surface area contributed by atoms with Crippen LogP contribution in [0.5, 0.6) is 0 Å². The second-order valence-electron chi connectivity index (χ2n) is 7.76. The number of nitrogens with one attached hydrogen (secondary N) is 2. The second-order valence-corrected chi connectivity index (χ2v) is 7.76. The van der Waals surface area contributed by atoms with Gasteiger partial charge in [-0.25, -0.2) is 0 Å². The van der Waals surface area contributed by atoms with Gasteiger partial charge in [0.05, 0.1) is 0 Å². The summed E-state index contributed by atoms with van der Waals surface area (Å²) in [7, 11) is 0. The van der Waals surface area contributed by atoms with Crippen molar-refractivity contribution >= 4 is 28.9 Å². The Morgan fingerprint density at radius 1 is 0.929 bits per heavy atom. The van der Waals surface area contributed by atoms with Crippen LogP contribution in [-0.4, -0.2) is 24.9 Å². The summed E-state index contributed by atoms with van der Waals surface area (Å²) in [6.07, 6.45) is 2.22. The predicted molar refractivity (Wildman–Crippen MR) is 115 cm³/mol. The molecule has 2 aromatic carbocycles. The molecule has 28 heavy (non-hydrogen) atoms. The zero-order valence-corrected chi connectivity index (χ0v) is 16.9. The van der Waals surface area contributed by atoms with E-state index in [1.54, 1.807) is 0 Å². The van der Waals surface area contributed by atoms with E-state index in [4.69, 9.17) is 0 Å². The highest BCUT2D eigenvalue weighted by Crippen LogP contribution is 2.24. The van der Waals surface area contributed by atoms with E-state index in [-0.39, 0.29) is 18.2 Å². The fourth-order valence-electron chi connectivity index (χ4n) is 3.57. The van der Waals surface area contributed by atoms with Crippen molar-refractivity contribution in [1.29, 1.82) is 0 Å². The highest BCUT2D eigenvalue weighted by atomic mass is 16.2. The first-order chi connectivity index (χ1) is 13.4. The monoisotopic (exact) mass is 379 g/mol. The average molecular weight is 380 g/mol. The van der Waals surface area contributed by atoms with Crippen molar-refractivity contribution in [2.24, 2.45) is 5.92 Å².